The van der Waals surface area contributed by atoms with Crippen LogP contribution in [0.3, 0.4) is 0 Å². The minimum atomic E-state index is -3.86. The van der Waals surface area contributed by atoms with Crippen LogP contribution in [0.4, 0.5) is 4.39 Å². The van der Waals surface area contributed by atoms with E-state index in [0.29, 0.717) is 0 Å². The molecule has 0 radical (unpaired) electrons. The number of aromatic nitrogens is 2. The lowest BCUT2D eigenvalue weighted by Crippen LogP contribution is -2.38. The van der Waals surface area contributed by atoms with Crippen LogP contribution in [0.5, 0.6) is 0 Å². The second kappa shape index (κ2) is 6.77. The molecule has 2 unspecified atom stereocenters. The summed E-state index contributed by atoms with van der Waals surface area (Å²) < 4.78 is 42.6. The maximum atomic E-state index is 14.2. The second-order valence-corrected chi connectivity index (χ2v) is 7.36. The van der Waals surface area contributed by atoms with Crippen LogP contribution in [-0.2, 0) is 10.0 Å². The van der Waals surface area contributed by atoms with Gasteiger partial charge in [-0.2, -0.15) is 5.10 Å². The first-order chi connectivity index (χ1) is 10.7. The Morgan fingerprint density at radius 2 is 2.09 bits per heavy atom. The molecule has 0 amide bonds. The number of hydrogen-bond donors (Lipinski definition) is 2. The van der Waals surface area contributed by atoms with E-state index in [1.54, 1.807) is 26.2 Å². The number of benzene rings is 1. The molecule has 1 heterocycles. The minimum absolute atomic E-state index is 0.143. The van der Waals surface area contributed by atoms with E-state index in [1.165, 1.54) is 16.8 Å². The topological polar surface area (TPSA) is 84.2 Å². The van der Waals surface area contributed by atoms with Gasteiger partial charge in [-0.3, -0.25) is 0 Å². The molecule has 1 aromatic heterocycles. The molecule has 0 fully saturated rings. The van der Waals surface area contributed by atoms with Gasteiger partial charge < -0.3 is 5.11 Å². The maximum absolute atomic E-state index is 14.2. The molecule has 0 aliphatic carbocycles. The first-order valence-corrected chi connectivity index (χ1v) is 8.67. The summed E-state index contributed by atoms with van der Waals surface area (Å²) in [5, 5.41) is 13.1. The molecule has 0 bridgehead atoms. The standard InChI is InChI=1S/C15H20FN3O3S/c1-10-7-17-19(8-10)15-5-4-13(6-14(15)16)23(21,22)18-12(3)11(2)9-20/h4-8,11-12,18,20H,9H2,1-3H3. The van der Waals surface area contributed by atoms with Crippen molar-refractivity contribution in [3.05, 3.63) is 42.0 Å². The van der Waals surface area contributed by atoms with Crippen LogP contribution in [0, 0.1) is 18.7 Å². The van der Waals surface area contributed by atoms with Gasteiger partial charge in [-0.1, -0.05) is 6.92 Å². The number of nitrogens with one attached hydrogen (secondary N) is 1. The summed E-state index contributed by atoms with van der Waals surface area (Å²) in [7, 11) is -3.86. The van der Waals surface area contributed by atoms with E-state index in [2.05, 4.69) is 9.82 Å². The predicted molar refractivity (Wildman–Crippen MR) is 84.3 cm³/mol. The number of aliphatic hydroxyl groups is 1. The molecule has 126 valence electrons. The zero-order chi connectivity index (χ0) is 17.2. The Balaban J connectivity index is 2.29. The number of aryl methyl sites for hydroxylation is 1. The molecule has 23 heavy (non-hydrogen) atoms. The Morgan fingerprint density at radius 3 is 2.61 bits per heavy atom. The highest BCUT2D eigenvalue weighted by atomic mass is 32.2. The summed E-state index contributed by atoms with van der Waals surface area (Å²) >= 11 is 0. The maximum Gasteiger partial charge on any atom is 0.240 e. The Morgan fingerprint density at radius 1 is 1.39 bits per heavy atom. The van der Waals surface area contributed by atoms with Crippen molar-refractivity contribution in [3.63, 3.8) is 0 Å². The zero-order valence-corrected chi connectivity index (χ0v) is 14.0. The van der Waals surface area contributed by atoms with E-state index in [9.17, 15) is 12.8 Å². The molecule has 2 rings (SSSR count). The molecular weight excluding hydrogens is 321 g/mol. The number of sulfonamides is 1. The fourth-order valence-corrected chi connectivity index (χ4v) is 3.34. The molecule has 2 atom stereocenters. The van der Waals surface area contributed by atoms with E-state index in [0.717, 1.165) is 11.6 Å². The lowest BCUT2D eigenvalue weighted by molar-refractivity contribution is 0.216. The van der Waals surface area contributed by atoms with Gasteiger partial charge in [0.25, 0.3) is 0 Å². The number of halogens is 1. The van der Waals surface area contributed by atoms with E-state index >= 15 is 0 Å². The molecule has 6 nitrogen and oxygen atoms in total. The van der Waals surface area contributed by atoms with Crippen LogP contribution in [0.25, 0.3) is 5.69 Å². The number of rotatable bonds is 6. The largest absolute Gasteiger partial charge is 0.396 e. The first kappa shape index (κ1) is 17.6. The lowest BCUT2D eigenvalue weighted by Gasteiger charge is -2.19. The fraction of sp³-hybridized carbons (Fsp3) is 0.400. The Kier molecular flexibility index (Phi) is 5.18. The Bertz CT molecular complexity index is 789. The summed E-state index contributed by atoms with van der Waals surface area (Å²) in [6.45, 7) is 5.05. The van der Waals surface area contributed by atoms with Crippen LogP contribution >= 0.6 is 0 Å². The van der Waals surface area contributed by atoms with E-state index in [-0.39, 0.29) is 23.1 Å². The van der Waals surface area contributed by atoms with Crippen molar-refractivity contribution in [2.45, 2.75) is 31.7 Å². The molecular formula is C15H20FN3O3S. The van der Waals surface area contributed by atoms with Gasteiger partial charge in [0.15, 0.2) is 0 Å². The van der Waals surface area contributed by atoms with Crippen LogP contribution in [-0.4, -0.2) is 36.0 Å². The molecule has 0 aliphatic rings. The monoisotopic (exact) mass is 341 g/mol. The third-order valence-corrected chi connectivity index (χ3v) is 5.23. The molecule has 8 heteroatoms. The van der Waals surface area contributed by atoms with Crippen molar-refractivity contribution in [3.8, 4) is 5.69 Å². The van der Waals surface area contributed by atoms with Gasteiger partial charge in [-0.25, -0.2) is 22.2 Å². The summed E-state index contributed by atoms with van der Waals surface area (Å²) in [6, 6.07) is 3.19. The summed E-state index contributed by atoms with van der Waals surface area (Å²) in [4.78, 5) is -0.167. The average Bonchev–Trinajstić information content (AvgIpc) is 2.92. The van der Waals surface area contributed by atoms with Crippen LogP contribution in [0.2, 0.25) is 0 Å². The summed E-state index contributed by atoms with van der Waals surface area (Å²) in [6.07, 6.45) is 3.24. The van der Waals surface area contributed by atoms with Crippen molar-refractivity contribution in [2.24, 2.45) is 5.92 Å². The lowest BCUT2D eigenvalue weighted by atomic mass is 10.1. The summed E-state index contributed by atoms with van der Waals surface area (Å²) in [5.41, 5.74) is 1.04. The first-order valence-electron chi connectivity index (χ1n) is 7.19. The van der Waals surface area contributed by atoms with E-state index < -0.39 is 21.9 Å². The molecule has 0 saturated carbocycles. The molecule has 0 spiro atoms. The highest BCUT2D eigenvalue weighted by molar-refractivity contribution is 7.89. The van der Waals surface area contributed by atoms with E-state index in [4.69, 9.17) is 5.11 Å². The van der Waals surface area contributed by atoms with Gasteiger partial charge >= 0.3 is 0 Å². The normalized spacial score (nSPS) is 14.7. The van der Waals surface area contributed by atoms with Crippen molar-refractivity contribution in [1.29, 1.82) is 0 Å². The van der Waals surface area contributed by atoms with Gasteiger partial charge in [0.1, 0.15) is 11.5 Å². The smallest absolute Gasteiger partial charge is 0.240 e. The Hall–Kier alpha value is -1.77. The highest BCUT2D eigenvalue weighted by Gasteiger charge is 2.22. The Labute approximate surface area is 135 Å². The number of hydrogen-bond acceptors (Lipinski definition) is 4. The number of nitrogens with zero attached hydrogens (tertiary/aromatic N) is 2. The third-order valence-electron chi connectivity index (χ3n) is 3.67. The molecule has 2 N–H and O–H groups in total. The highest BCUT2D eigenvalue weighted by Crippen LogP contribution is 2.19. The summed E-state index contributed by atoms with van der Waals surface area (Å²) in [5.74, 6) is -0.931. The van der Waals surface area contributed by atoms with Crippen molar-refractivity contribution < 1.29 is 17.9 Å². The minimum Gasteiger partial charge on any atom is -0.396 e. The van der Waals surface area contributed by atoms with Crippen molar-refractivity contribution in [2.75, 3.05) is 6.61 Å². The zero-order valence-electron chi connectivity index (χ0n) is 13.2. The molecule has 2 aromatic rings. The second-order valence-electron chi connectivity index (χ2n) is 5.65. The molecule has 1 aromatic carbocycles. The van der Waals surface area contributed by atoms with Crippen LogP contribution in [0.15, 0.2) is 35.5 Å². The van der Waals surface area contributed by atoms with Gasteiger partial charge in [-0.05, 0) is 43.5 Å². The van der Waals surface area contributed by atoms with Crippen molar-refractivity contribution >= 4 is 10.0 Å². The third kappa shape index (κ3) is 3.95. The van der Waals surface area contributed by atoms with Gasteiger partial charge in [0.05, 0.1) is 11.1 Å². The molecule has 0 aliphatic heterocycles. The SMILES string of the molecule is Cc1cnn(-c2ccc(S(=O)(=O)NC(C)C(C)CO)cc2F)c1. The fourth-order valence-electron chi connectivity index (χ4n) is 1.97. The average molecular weight is 341 g/mol. The predicted octanol–water partition coefficient (Wildman–Crippen LogP) is 1.62. The van der Waals surface area contributed by atoms with Gasteiger partial charge in [0, 0.05) is 18.8 Å². The van der Waals surface area contributed by atoms with E-state index in [1.807, 2.05) is 6.92 Å². The van der Waals surface area contributed by atoms with Gasteiger partial charge in [0.2, 0.25) is 10.0 Å². The van der Waals surface area contributed by atoms with Crippen molar-refractivity contribution in [1.82, 2.24) is 14.5 Å². The van der Waals surface area contributed by atoms with Crippen LogP contribution < -0.4 is 4.72 Å². The van der Waals surface area contributed by atoms with Gasteiger partial charge in [-0.15, -0.1) is 0 Å². The molecule has 0 saturated heterocycles. The number of aliphatic hydroxyl groups excluding tert-OH is 1. The van der Waals surface area contributed by atoms with Crippen LogP contribution in [0.1, 0.15) is 19.4 Å². The quantitative estimate of drug-likeness (QED) is 0.836.